The SMILES string of the molecule is O/C=C/C=C/Cc1ccccc1. The van der Waals surface area contributed by atoms with Gasteiger partial charge in [-0.1, -0.05) is 42.5 Å². The minimum Gasteiger partial charge on any atom is -0.516 e. The predicted molar refractivity (Wildman–Crippen MR) is 51.1 cm³/mol. The average Bonchev–Trinajstić information content (AvgIpc) is 2.14. The molecule has 0 saturated heterocycles. The van der Waals surface area contributed by atoms with Crippen LogP contribution < -0.4 is 0 Å². The van der Waals surface area contributed by atoms with E-state index in [2.05, 4.69) is 12.1 Å². The molecule has 0 saturated carbocycles. The molecule has 0 heterocycles. The molecule has 0 atom stereocenters. The van der Waals surface area contributed by atoms with E-state index in [1.165, 1.54) is 5.56 Å². The molecular formula is C11H12O. The Balaban J connectivity index is 2.43. The molecule has 62 valence electrons. The second-order valence-corrected chi connectivity index (χ2v) is 2.46. The summed E-state index contributed by atoms with van der Waals surface area (Å²) in [5.74, 6) is 0. The lowest BCUT2D eigenvalue weighted by molar-refractivity contribution is 0.473. The molecule has 0 aromatic heterocycles. The van der Waals surface area contributed by atoms with Gasteiger partial charge in [-0.2, -0.15) is 0 Å². The number of rotatable bonds is 3. The maximum absolute atomic E-state index is 8.33. The summed E-state index contributed by atoms with van der Waals surface area (Å²) in [6.07, 6.45) is 7.37. The number of aliphatic hydroxyl groups is 1. The summed E-state index contributed by atoms with van der Waals surface area (Å²) in [6.45, 7) is 0. The van der Waals surface area contributed by atoms with E-state index in [1.54, 1.807) is 6.08 Å². The van der Waals surface area contributed by atoms with Crippen LogP contribution in [0.15, 0.2) is 54.8 Å². The highest BCUT2D eigenvalue weighted by atomic mass is 16.2. The van der Waals surface area contributed by atoms with Crippen LogP contribution in [0, 0.1) is 0 Å². The molecule has 0 spiro atoms. The van der Waals surface area contributed by atoms with Gasteiger partial charge in [-0.05, 0) is 18.1 Å². The maximum Gasteiger partial charge on any atom is 0.0791 e. The molecule has 12 heavy (non-hydrogen) atoms. The van der Waals surface area contributed by atoms with Crippen molar-refractivity contribution in [2.24, 2.45) is 0 Å². The van der Waals surface area contributed by atoms with Gasteiger partial charge in [0.05, 0.1) is 6.26 Å². The normalized spacial score (nSPS) is 11.3. The van der Waals surface area contributed by atoms with Crippen LogP contribution >= 0.6 is 0 Å². The molecule has 0 amide bonds. The van der Waals surface area contributed by atoms with E-state index >= 15 is 0 Å². The Morgan fingerprint density at radius 2 is 1.83 bits per heavy atom. The van der Waals surface area contributed by atoms with Gasteiger partial charge in [0.15, 0.2) is 0 Å². The molecule has 1 heteroatoms. The molecule has 1 aromatic rings. The summed E-state index contributed by atoms with van der Waals surface area (Å²) in [7, 11) is 0. The monoisotopic (exact) mass is 160 g/mol. The standard InChI is InChI=1S/C11H12O/c12-10-6-2-5-9-11-7-3-1-4-8-11/h1-8,10,12H,9H2/b5-2+,10-6+. The highest BCUT2D eigenvalue weighted by Crippen LogP contribution is 1.99. The van der Waals surface area contributed by atoms with Gasteiger partial charge in [-0.25, -0.2) is 0 Å². The smallest absolute Gasteiger partial charge is 0.0791 e. The predicted octanol–water partition coefficient (Wildman–Crippen LogP) is 2.86. The van der Waals surface area contributed by atoms with E-state index in [-0.39, 0.29) is 0 Å². The molecule has 0 radical (unpaired) electrons. The molecule has 0 bridgehead atoms. The highest BCUT2D eigenvalue weighted by Gasteiger charge is 1.83. The van der Waals surface area contributed by atoms with Gasteiger partial charge in [0.2, 0.25) is 0 Å². The minimum atomic E-state index is 0.908. The van der Waals surface area contributed by atoms with Crippen LogP contribution in [-0.2, 0) is 6.42 Å². The maximum atomic E-state index is 8.33. The molecular weight excluding hydrogens is 148 g/mol. The van der Waals surface area contributed by atoms with Gasteiger partial charge >= 0.3 is 0 Å². The van der Waals surface area contributed by atoms with Gasteiger partial charge in [-0.3, -0.25) is 0 Å². The zero-order valence-electron chi connectivity index (χ0n) is 6.85. The Bertz CT molecular complexity index is 260. The molecule has 0 fully saturated rings. The zero-order chi connectivity index (χ0) is 8.65. The third-order valence-corrected chi connectivity index (χ3v) is 1.53. The first-order chi connectivity index (χ1) is 5.93. The molecule has 0 aliphatic carbocycles. The Hall–Kier alpha value is -1.50. The van der Waals surface area contributed by atoms with Crippen molar-refractivity contribution in [1.82, 2.24) is 0 Å². The molecule has 1 aromatic carbocycles. The van der Waals surface area contributed by atoms with Crippen LogP contribution in [0.4, 0.5) is 0 Å². The fourth-order valence-electron chi connectivity index (χ4n) is 0.946. The van der Waals surface area contributed by atoms with E-state index in [9.17, 15) is 0 Å². The van der Waals surface area contributed by atoms with Crippen LogP contribution in [0.3, 0.4) is 0 Å². The summed E-state index contributed by atoms with van der Waals surface area (Å²) in [4.78, 5) is 0. The topological polar surface area (TPSA) is 20.2 Å². The quantitative estimate of drug-likeness (QED) is 0.532. The van der Waals surface area contributed by atoms with E-state index < -0.39 is 0 Å². The number of hydrogen-bond acceptors (Lipinski definition) is 1. The van der Waals surface area contributed by atoms with Crippen molar-refractivity contribution >= 4 is 0 Å². The Morgan fingerprint density at radius 3 is 2.50 bits per heavy atom. The van der Waals surface area contributed by atoms with Crippen molar-refractivity contribution in [3.05, 3.63) is 60.4 Å². The van der Waals surface area contributed by atoms with Crippen LogP contribution in [0.2, 0.25) is 0 Å². The van der Waals surface area contributed by atoms with Crippen LogP contribution in [0.1, 0.15) is 5.56 Å². The van der Waals surface area contributed by atoms with E-state index in [0.717, 1.165) is 12.7 Å². The van der Waals surface area contributed by atoms with Gasteiger partial charge in [-0.15, -0.1) is 0 Å². The molecule has 1 rings (SSSR count). The molecule has 0 unspecified atom stereocenters. The highest BCUT2D eigenvalue weighted by molar-refractivity contribution is 5.18. The van der Waals surface area contributed by atoms with Crippen molar-refractivity contribution in [2.75, 3.05) is 0 Å². The fraction of sp³-hybridized carbons (Fsp3) is 0.0909. The molecule has 0 aliphatic heterocycles. The first-order valence-corrected chi connectivity index (χ1v) is 3.93. The number of allylic oxidation sites excluding steroid dienone is 3. The van der Waals surface area contributed by atoms with Crippen molar-refractivity contribution in [3.8, 4) is 0 Å². The summed E-state index contributed by atoms with van der Waals surface area (Å²) in [5.41, 5.74) is 1.28. The van der Waals surface area contributed by atoms with Gasteiger partial charge in [0.25, 0.3) is 0 Å². The number of hydrogen-bond donors (Lipinski definition) is 1. The first kappa shape index (κ1) is 8.60. The third-order valence-electron chi connectivity index (χ3n) is 1.53. The van der Waals surface area contributed by atoms with E-state index in [1.807, 2.05) is 30.4 Å². The van der Waals surface area contributed by atoms with E-state index in [0.29, 0.717) is 0 Å². The molecule has 1 nitrogen and oxygen atoms in total. The van der Waals surface area contributed by atoms with Crippen LogP contribution in [-0.4, -0.2) is 5.11 Å². The Kier molecular flexibility index (Phi) is 3.72. The Labute approximate surface area is 72.7 Å². The van der Waals surface area contributed by atoms with Crippen molar-refractivity contribution in [2.45, 2.75) is 6.42 Å². The molecule has 1 N–H and O–H groups in total. The lowest BCUT2D eigenvalue weighted by Gasteiger charge is -1.92. The zero-order valence-corrected chi connectivity index (χ0v) is 6.85. The Morgan fingerprint density at radius 1 is 1.08 bits per heavy atom. The minimum absolute atomic E-state index is 0.908. The average molecular weight is 160 g/mol. The lowest BCUT2D eigenvalue weighted by Crippen LogP contribution is -1.77. The van der Waals surface area contributed by atoms with Crippen LogP contribution in [0.5, 0.6) is 0 Å². The second-order valence-electron chi connectivity index (χ2n) is 2.46. The lowest BCUT2D eigenvalue weighted by atomic mass is 10.1. The molecule has 0 aliphatic rings. The van der Waals surface area contributed by atoms with Gasteiger partial charge in [0.1, 0.15) is 0 Å². The summed E-state index contributed by atoms with van der Waals surface area (Å²) in [5, 5.41) is 8.33. The third kappa shape index (κ3) is 3.06. The van der Waals surface area contributed by atoms with Gasteiger partial charge < -0.3 is 5.11 Å². The largest absolute Gasteiger partial charge is 0.516 e. The first-order valence-electron chi connectivity index (χ1n) is 3.93. The number of aliphatic hydroxyl groups excluding tert-OH is 1. The fourth-order valence-corrected chi connectivity index (χ4v) is 0.946. The van der Waals surface area contributed by atoms with Gasteiger partial charge in [0, 0.05) is 0 Å². The van der Waals surface area contributed by atoms with E-state index in [4.69, 9.17) is 5.11 Å². The van der Waals surface area contributed by atoms with Crippen LogP contribution in [0.25, 0.3) is 0 Å². The second kappa shape index (κ2) is 5.19. The van der Waals surface area contributed by atoms with Crippen molar-refractivity contribution in [1.29, 1.82) is 0 Å². The summed E-state index contributed by atoms with van der Waals surface area (Å²) < 4.78 is 0. The van der Waals surface area contributed by atoms with Crippen molar-refractivity contribution in [3.63, 3.8) is 0 Å². The summed E-state index contributed by atoms with van der Waals surface area (Å²) >= 11 is 0. The number of benzene rings is 1. The summed E-state index contributed by atoms with van der Waals surface area (Å²) in [6, 6.07) is 10.2. The van der Waals surface area contributed by atoms with Crippen molar-refractivity contribution < 1.29 is 5.11 Å².